The largest absolute Gasteiger partial charge is 0.378 e. The predicted molar refractivity (Wildman–Crippen MR) is 166 cm³/mol. The van der Waals surface area contributed by atoms with Crippen molar-refractivity contribution in [1.82, 2.24) is 15.0 Å². The van der Waals surface area contributed by atoms with Crippen LogP contribution in [0.5, 0.6) is 0 Å². The van der Waals surface area contributed by atoms with E-state index in [2.05, 4.69) is 34.1 Å². The highest BCUT2D eigenvalue weighted by Crippen LogP contribution is 2.41. The van der Waals surface area contributed by atoms with Crippen LogP contribution >= 0.6 is 0 Å². The number of hydrogen-bond donors (Lipinski definition) is 1. The van der Waals surface area contributed by atoms with Gasteiger partial charge in [0.05, 0.1) is 46.9 Å². The van der Waals surface area contributed by atoms with Gasteiger partial charge in [0.2, 0.25) is 0 Å². The average Bonchev–Trinajstić information content (AvgIpc) is 3.03. The highest BCUT2D eigenvalue weighted by molar-refractivity contribution is 5.99. The van der Waals surface area contributed by atoms with E-state index < -0.39 is 23.9 Å². The summed E-state index contributed by atoms with van der Waals surface area (Å²) in [6, 6.07) is 11.8. The zero-order valence-corrected chi connectivity index (χ0v) is 25.1. The van der Waals surface area contributed by atoms with Crippen LogP contribution in [0.4, 0.5) is 39.1 Å². The van der Waals surface area contributed by atoms with Gasteiger partial charge in [-0.25, -0.2) is 31.9 Å². The van der Waals surface area contributed by atoms with Gasteiger partial charge in [-0.1, -0.05) is 32.4 Å². The normalized spacial score (nSPS) is 13.1. The Labute approximate surface area is 257 Å². The fourth-order valence-electron chi connectivity index (χ4n) is 5.06. The zero-order chi connectivity index (χ0) is 32.1. The molecular formula is C34H32F5N5O. The second-order valence-corrected chi connectivity index (χ2v) is 10.5. The lowest BCUT2D eigenvalue weighted by Gasteiger charge is -2.29. The number of alkyl halides is 2. The highest BCUT2D eigenvalue weighted by atomic mass is 19.3. The smallest absolute Gasteiger partial charge is 0.263 e. The summed E-state index contributed by atoms with van der Waals surface area (Å²) in [6.07, 6.45) is 1.40. The molecule has 0 bridgehead atoms. The first-order chi connectivity index (χ1) is 21.7. The van der Waals surface area contributed by atoms with Gasteiger partial charge < -0.3 is 15.0 Å². The Hall–Kier alpha value is -4.64. The molecule has 5 aromatic rings. The molecular weight excluding hydrogens is 589 g/mol. The summed E-state index contributed by atoms with van der Waals surface area (Å²) in [6.45, 7) is 8.03. The molecule has 11 heteroatoms. The van der Waals surface area contributed by atoms with E-state index in [1.807, 2.05) is 4.90 Å². The lowest BCUT2D eigenvalue weighted by atomic mass is 10.00. The van der Waals surface area contributed by atoms with E-state index in [0.29, 0.717) is 49.1 Å². The maximum Gasteiger partial charge on any atom is 0.263 e. The number of halogens is 5. The van der Waals surface area contributed by atoms with Crippen molar-refractivity contribution in [1.29, 1.82) is 0 Å². The molecule has 0 spiro atoms. The van der Waals surface area contributed by atoms with Gasteiger partial charge in [0.25, 0.3) is 6.43 Å². The van der Waals surface area contributed by atoms with Crippen molar-refractivity contribution in [2.45, 2.75) is 33.6 Å². The van der Waals surface area contributed by atoms with Crippen molar-refractivity contribution in [3.05, 3.63) is 95.6 Å². The van der Waals surface area contributed by atoms with Gasteiger partial charge in [-0.05, 0) is 31.2 Å². The Balaban J connectivity index is 0.00000128. The molecule has 0 atom stereocenters. The molecule has 1 aliphatic heterocycles. The number of nitrogens with zero attached hydrogens (tertiary/aromatic N) is 4. The number of aromatic nitrogens is 3. The van der Waals surface area contributed by atoms with E-state index in [-0.39, 0.29) is 39.0 Å². The van der Waals surface area contributed by atoms with Crippen molar-refractivity contribution in [3.8, 4) is 22.5 Å². The number of nitrogens with one attached hydrogen (secondary N) is 1. The number of morpholine rings is 1. The summed E-state index contributed by atoms with van der Waals surface area (Å²) in [5.41, 5.74) is 1.61. The highest BCUT2D eigenvalue weighted by Gasteiger charge is 2.23. The number of ether oxygens (including phenoxy) is 1. The monoisotopic (exact) mass is 621 g/mol. The summed E-state index contributed by atoms with van der Waals surface area (Å²) in [5, 5.41) is 3.23. The molecule has 234 valence electrons. The Bertz CT molecular complexity index is 1800. The maximum absolute atomic E-state index is 15.4. The summed E-state index contributed by atoms with van der Waals surface area (Å²) >= 11 is 0. The summed E-state index contributed by atoms with van der Waals surface area (Å²) in [7, 11) is 0. The van der Waals surface area contributed by atoms with Crippen LogP contribution < -0.4 is 10.2 Å². The van der Waals surface area contributed by atoms with Crippen molar-refractivity contribution in [3.63, 3.8) is 0 Å². The molecule has 6 rings (SSSR count). The fraction of sp³-hybridized carbons (Fsp3) is 0.265. The van der Waals surface area contributed by atoms with Gasteiger partial charge in [-0.15, -0.1) is 0 Å². The SMILES string of the molecule is CCC.Cc1c(-c2ccccn2)nc2cc(F)cc(F)c2c1Nc1cc(N2CCOCC2)ncc1-c1cc(C(F)F)ccc1F. The molecule has 0 unspecified atom stereocenters. The third kappa shape index (κ3) is 6.88. The van der Waals surface area contributed by atoms with Gasteiger partial charge >= 0.3 is 0 Å². The van der Waals surface area contributed by atoms with Gasteiger partial charge in [-0.2, -0.15) is 0 Å². The third-order valence-corrected chi connectivity index (χ3v) is 7.17. The van der Waals surface area contributed by atoms with Crippen LogP contribution in [-0.4, -0.2) is 41.3 Å². The van der Waals surface area contributed by atoms with E-state index in [0.717, 1.165) is 30.3 Å². The molecule has 45 heavy (non-hydrogen) atoms. The first-order valence-corrected chi connectivity index (χ1v) is 14.6. The number of benzene rings is 2. The summed E-state index contributed by atoms with van der Waals surface area (Å²) < 4.78 is 77.6. The molecule has 0 amide bonds. The van der Waals surface area contributed by atoms with Crippen molar-refractivity contribution in [2.75, 3.05) is 36.5 Å². The summed E-state index contributed by atoms with van der Waals surface area (Å²) in [4.78, 5) is 15.4. The zero-order valence-electron chi connectivity index (χ0n) is 25.1. The van der Waals surface area contributed by atoms with E-state index in [4.69, 9.17) is 4.74 Å². The molecule has 2 aromatic carbocycles. The van der Waals surface area contributed by atoms with Gasteiger partial charge in [0.15, 0.2) is 0 Å². The molecule has 0 saturated carbocycles. The molecule has 0 aliphatic carbocycles. The second kappa shape index (κ2) is 14.0. The number of anilines is 3. The minimum atomic E-state index is -2.82. The van der Waals surface area contributed by atoms with Gasteiger partial charge in [0, 0.05) is 65.9 Å². The van der Waals surface area contributed by atoms with Crippen molar-refractivity contribution >= 4 is 28.1 Å². The van der Waals surface area contributed by atoms with E-state index in [1.54, 1.807) is 37.4 Å². The standard InChI is InChI=1S/C31H24F5N5O.C3H8/c1-17-29(24-4-2-3-7-37-24)40-26-14-19(32)13-23(34)28(26)30(17)39-25-15-27(41-8-10-42-11-9-41)38-16-21(25)20-12-18(31(35)36)5-6-22(20)33;1-3-2/h2-7,12-16,31H,8-11H2,1H3,(H,38,39,40);3H2,1-2H3. The molecule has 6 nitrogen and oxygen atoms in total. The van der Waals surface area contributed by atoms with E-state index in [1.165, 1.54) is 12.6 Å². The first kappa shape index (κ1) is 31.8. The van der Waals surface area contributed by atoms with Crippen LogP contribution in [0.15, 0.2) is 67.0 Å². The Morgan fingerprint density at radius 1 is 0.911 bits per heavy atom. The van der Waals surface area contributed by atoms with Gasteiger partial charge in [0.1, 0.15) is 23.3 Å². The predicted octanol–water partition coefficient (Wildman–Crippen LogP) is 9.02. The molecule has 4 heterocycles. The number of rotatable bonds is 6. The van der Waals surface area contributed by atoms with Crippen LogP contribution in [-0.2, 0) is 4.74 Å². The van der Waals surface area contributed by atoms with Gasteiger partial charge in [-0.3, -0.25) is 4.98 Å². The molecule has 1 aliphatic rings. The van der Waals surface area contributed by atoms with E-state index >= 15 is 8.78 Å². The van der Waals surface area contributed by atoms with Crippen molar-refractivity contribution in [2.24, 2.45) is 0 Å². The topological polar surface area (TPSA) is 63.2 Å². The van der Waals surface area contributed by atoms with E-state index in [9.17, 15) is 13.2 Å². The molecule has 1 N–H and O–H groups in total. The quantitative estimate of drug-likeness (QED) is 0.191. The molecule has 1 fully saturated rings. The molecule has 3 aromatic heterocycles. The fourth-order valence-corrected chi connectivity index (χ4v) is 5.06. The first-order valence-electron chi connectivity index (χ1n) is 14.6. The second-order valence-electron chi connectivity index (χ2n) is 10.5. The minimum Gasteiger partial charge on any atom is -0.378 e. The van der Waals surface area contributed by atoms with Crippen LogP contribution in [0.1, 0.15) is 37.8 Å². The maximum atomic E-state index is 15.4. The van der Waals surface area contributed by atoms with Crippen LogP contribution in [0.25, 0.3) is 33.4 Å². The minimum absolute atomic E-state index is 0.00562. The Morgan fingerprint density at radius 3 is 2.36 bits per heavy atom. The Morgan fingerprint density at radius 2 is 1.67 bits per heavy atom. The molecule has 1 saturated heterocycles. The van der Waals surface area contributed by atoms with Crippen LogP contribution in [0.3, 0.4) is 0 Å². The lowest BCUT2D eigenvalue weighted by Crippen LogP contribution is -2.36. The number of fused-ring (bicyclic) bond motifs is 1. The average molecular weight is 622 g/mol. The van der Waals surface area contributed by atoms with Crippen LogP contribution in [0, 0.1) is 24.4 Å². The molecule has 0 radical (unpaired) electrons. The third-order valence-electron chi connectivity index (χ3n) is 7.17. The summed E-state index contributed by atoms with van der Waals surface area (Å²) in [5.74, 6) is -1.87. The number of hydrogen-bond acceptors (Lipinski definition) is 6. The van der Waals surface area contributed by atoms with Crippen LogP contribution in [0.2, 0.25) is 0 Å². The lowest BCUT2D eigenvalue weighted by molar-refractivity contribution is 0.122. The Kier molecular flexibility index (Phi) is 9.87. The number of pyridine rings is 3. The van der Waals surface area contributed by atoms with Crippen molar-refractivity contribution < 1.29 is 26.7 Å².